The molecule has 2 rings (SSSR count). The molecule has 0 saturated carbocycles. The number of nitrogens with two attached hydrogens (primary N) is 1. The van der Waals surface area contributed by atoms with Crippen molar-refractivity contribution in [2.75, 3.05) is 0 Å². The average molecular weight is 307 g/mol. The first kappa shape index (κ1) is 16.4. The Labute approximate surface area is 128 Å². The number of nitrogens with zero attached hydrogens (tertiary/aromatic N) is 1. The van der Waals surface area contributed by atoms with Gasteiger partial charge in [0.15, 0.2) is 6.23 Å². The molecule has 0 aliphatic carbocycles. The van der Waals surface area contributed by atoms with E-state index >= 15 is 0 Å². The molecule has 1 aromatic carbocycles. The molecule has 3 unspecified atom stereocenters. The fourth-order valence-electron chi connectivity index (χ4n) is 2.49. The van der Waals surface area contributed by atoms with Crippen molar-refractivity contribution in [3.05, 3.63) is 42.3 Å². The van der Waals surface area contributed by atoms with E-state index in [-0.39, 0.29) is 6.42 Å². The first-order chi connectivity index (χ1) is 10.4. The molecule has 7 nitrogen and oxygen atoms in total. The second-order valence-electron chi connectivity index (χ2n) is 5.25. The molecule has 1 fully saturated rings. The normalized spacial score (nSPS) is 26.0. The van der Waals surface area contributed by atoms with Gasteiger partial charge in [0.2, 0.25) is 5.91 Å². The Morgan fingerprint density at radius 2 is 1.95 bits per heavy atom. The number of aliphatic hydroxyl groups excluding tert-OH is 3. The van der Waals surface area contributed by atoms with Crippen molar-refractivity contribution in [3.8, 4) is 0 Å². The molecular formula is C15H19N2O5. The maximum atomic E-state index is 12.2. The molecule has 1 radical (unpaired) electrons. The summed E-state index contributed by atoms with van der Waals surface area (Å²) in [6.07, 6.45) is -2.74. The quantitative estimate of drug-likeness (QED) is 0.530. The van der Waals surface area contributed by atoms with Crippen molar-refractivity contribution in [3.63, 3.8) is 0 Å². The highest BCUT2D eigenvalue weighted by atomic mass is 16.4. The molecule has 1 aliphatic rings. The molecule has 2 amide bonds. The van der Waals surface area contributed by atoms with E-state index < -0.39 is 36.3 Å². The van der Waals surface area contributed by atoms with E-state index in [1.165, 1.54) is 6.42 Å². The smallest absolute Gasteiger partial charge is 0.254 e. The van der Waals surface area contributed by atoms with Crippen LogP contribution < -0.4 is 5.73 Å². The number of aliphatic hydroxyl groups is 3. The summed E-state index contributed by atoms with van der Waals surface area (Å²) in [6, 6.07) is 8.08. The zero-order chi connectivity index (χ0) is 16.3. The van der Waals surface area contributed by atoms with Crippen LogP contribution >= 0.6 is 0 Å². The zero-order valence-corrected chi connectivity index (χ0v) is 11.9. The Balaban J connectivity index is 2.01. The molecule has 7 heteroatoms. The van der Waals surface area contributed by atoms with Gasteiger partial charge in [-0.25, -0.2) is 0 Å². The first-order valence-electron chi connectivity index (χ1n) is 6.94. The summed E-state index contributed by atoms with van der Waals surface area (Å²) in [5, 5.41) is 29.3. The lowest BCUT2D eigenvalue weighted by Gasteiger charge is -2.27. The number of likely N-dealkylation sites (tertiary alicyclic amines) is 1. The molecule has 1 saturated heterocycles. The summed E-state index contributed by atoms with van der Waals surface area (Å²) in [5.41, 5.74) is 6.07. The minimum atomic E-state index is -1.55. The Hall–Kier alpha value is -1.96. The number of carbonyl (C=O) groups is 2. The van der Waals surface area contributed by atoms with Crippen LogP contribution in [0.5, 0.6) is 0 Å². The van der Waals surface area contributed by atoms with Crippen molar-refractivity contribution in [1.29, 1.82) is 0 Å². The van der Waals surface area contributed by atoms with Gasteiger partial charge in [-0.1, -0.05) is 30.3 Å². The maximum Gasteiger partial charge on any atom is 0.254 e. The summed E-state index contributed by atoms with van der Waals surface area (Å²) in [4.78, 5) is 24.3. The lowest BCUT2D eigenvalue weighted by molar-refractivity contribution is -0.154. The number of hydrogen-bond donors (Lipinski definition) is 4. The van der Waals surface area contributed by atoms with Gasteiger partial charge in [0.1, 0.15) is 18.2 Å². The van der Waals surface area contributed by atoms with Gasteiger partial charge in [0.25, 0.3) is 5.91 Å². The van der Waals surface area contributed by atoms with Crippen molar-refractivity contribution in [1.82, 2.24) is 4.90 Å². The summed E-state index contributed by atoms with van der Waals surface area (Å²) in [5.74, 6) is -1.69. The van der Waals surface area contributed by atoms with Crippen molar-refractivity contribution < 1.29 is 24.9 Å². The van der Waals surface area contributed by atoms with Crippen molar-refractivity contribution in [2.45, 2.75) is 37.3 Å². The van der Waals surface area contributed by atoms with Gasteiger partial charge >= 0.3 is 0 Å². The third kappa shape index (κ3) is 3.44. The summed E-state index contributed by atoms with van der Waals surface area (Å²) < 4.78 is 0. The van der Waals surface area contributed by atoms with E-state index in [0.717, 1.165) is 10.5 Å². The maximum absolute atomic E-state index is 12.2. The number of carbonyl (C=O) groups excluding carboxylic acids is 2. The van der Waals surface area contributed by atoms with Gasteiger partial charge in [0.05, 0.1) is 0 Å². The molecule has 5 N–H and O–H groups in total. The van der Waals surface area contributed by atoms with E-state index in [1.807, 2.05) is 30.3 Å². The zero-order valence-electron chi connectivity index (χ0n) is 11.9. The van der Waals surface area contributed by atoms with Gasteiger partial charge < -0.3 is 26.0 Å². The first-order valence-corrected chi connectivity index (χ1v) is 6.94. The number of benzene rings is 1. The van der Waals surface area contributed by atoms with E-state index in [2.05, 4.69) is 0 Å². The molecule has 22 heavy (non-hydrogen) atoms. The Morgan fingerprint density at radius 3 is 2.55 bits per heavy atom. The van der Waals surface area contributed by atoms with E-state index in [1.54, 1.807) is 0 Å². The molecule has 0 aromatic heterocycles. The van der Waals surface area contributed by atoms with Gasteiger partial charge in [-0.2, -0.15) is 0 Å². The third-order valence-corrected chi connectivity index (χ3v) is 3.69. The highest BCUT2D eigenvalue weighted by molar-refractivity contribution is 5.90. The van der Waals surface area contributed by atoms with Crippen molar-refractivity contribution in [2.24, 2.45) is 5.73 Å². The van der Waals surface area contributed by atoms with Gasteiger partial charge in [-0.05, 0) is 12.0 Å². The van der Waals surface area contributed by atoms with E-state index in [9.17, 15) is 24.9 Å². The fraction of sp³-hybridized carbons (Fsp3) is 0.400. The number of primary amides is 1. The summed E-state index contributed by atoms with van der Waals surface area (Å²) in [7, 11) is 0. The van der Waals surface area contributed by atoms with Gasteiger partial charge in [-0.15, -0.1) is 0 Å². The van der Waals surface area contributed by atoms with Crippen LogP contribution in [0.2, 0.25) is 0 Å². The van der Waals surface area contributed by atoms with Gasteiger partial charge in [0, 0.05) is 12.8 Å². The predicted octanol–water partition coefficient (Wildman–Crippen LogP) is -1.44. The SMILES string of the molecule is NC(=O)C1CC(O)C(O)N1C(=O)[C@H](O)[CH]Cc1ccccc1. The Kier molecular flexibility index (Phi) is 5.12. The summed E-state index contributed by atoms with van der Waals surface area (Å²) >= 11 is 0. The molecule has 1 heterocycles. The predicted molar refractivity (Wildman–Crippen MR) is 76.9 cm³/mol. The van der Waals surface area contributed by atoms with Crippen LogP contribution in [-0.2, 0) is 16.0 Å². The number of hydrogen-bond acceptors (Lipinski definition) is 5. The van der Waals surface area contributed by atoms with Crippen LogP contribution in [0, 0.1) is 6.42 Å². The number of amides is 2. The summed E-state index contributed by atoms with van der Waals surface area (Å²) in [6.45, 7) is 0. The molecule has 4 atom stereocenters. The van der Waals surface area contributed by atoms with E-state index in [0.29, 0.717) is 6.42 Å². The van der Waals surface area contributed by atoms with Crippen LogP contribution in [0.1, 0.15) is 12.0 Å². The van der Waals surface area contributed by atoms with E-state index in [4.69, 9.17) is 5.73 Å². The van der Waals surface area contributed by atoms with Crippen LogP contribution in [0.4, 0.5) is 0 Å². The highest BCUT2D eigenvalue weighted by Gasteiger charge is 2.46. The third-order valence-electron chi connectivity index (χ3n) is 3.69. The van der Waals surface area contributed by atoms with Crippen molar-refractivity contribution >= 4 is 11.8 Å². The minimum Gasteiger partial charge on any atom is -0.388 e. The molecule has 1 aliphatic heterocycles. The second-order valence-corrected chi connectivity index (χ2v) is 5.25. The molecule has 119 valence electrons. The lowest BCUT2D eigenvalue weighted by atomic mass is 10.1. The Morgan fingerprint density at radius 1 is 1.32 bits per heavy atom. The molecule has 1 aromatic rings. The van der Waals surface area contributed by atoms with Crippen LogP contribution in [0.25, 0.3) is 0 Å². The van der Waals surface area contributed by atoms with Gasteiger partial charge in [-0.3, -0.25) is 9.59 Å². The minimum absolute atomic E-state index is 0.145. The Bertz CT molecular complexity index is 536. The van der Waals surface area contributed by atoms with Crippen LogP contribution in [0.3, 0.4) is 0 Å². The van der Waals surface area contributed by atoms with Crippen LogP contribution in [0.15, 0.2) is 30.3 Å². The molecular weight excluding hydrogens is 288 g/mol. The number of rotatable bonds is 5. The average Bonchev–Trinajstić information content (AvgIpc) is 2.81. The topological polar surface area (TPSA) is 124 Å². The molecule has 0 bridgehead atoms. The fourth-order valence-corrected chi connectivity index (χ4v) is 2.49. The standard InChI is InChI=1S/C15H19N2O5/c16-13(20)10-8-12(19)15(22)17(10)14(21)11(18)7-6-9-4-2-1-3-5-9/h1-5,7,10-12,15,18-19,22H,6,8H2,(H2,16,20)/t10?,11-,12?,15?/m1/s1. The molecule has 0 spiro atoms. The monoisotopic (exact) mass is 307 g/mol. The highest BCUT2D eigenvalue weighted by Crippen LogP contribution is 2.24. The second kappa shape index (κ2) is 6.87. The largest absolute Gasteiger partial charge is 0.388 e. The lowest BCUT2D eigenvalue weighted by Crippen LogP contribution is -2.52. The van der Waals surface area contributed by atoms with Crippen LogP contribution in [-0.4, -0.2) is 56.5 Å².